The fourth-order valence-corrected chi connectivity index (χ4v) is 5.11. The summed E-state index contributed by atoms with van der Waals surface area (Å²) in [5, 5.41) is 17.4. The number of amides is 1. The predicted octanol–water partition coefficient (Wildman–Crippen LogP) is 5.89. The average molecular weight is 508 g/mol. The standard InChI is InChI=1S/C17H17FN2O.C13H18FNO/c1-17-9-11-10-19-20(14-5-3-13(18)4-6-14)15(11)8-12(17)2-7-16(17)21;1-4-10-6-5-7-11(14)12(10)13(16)15-8-9(2)3/h3-6,8,10,16,21H,2,7,9H2,1H3;5-7,9H,4,8H2,1-3H3,(H,15,16)/t16-,17?;/m0./s1. The van der Waals surface area contributed by atoms with Gasteiger partial charge in [0.2, 0.25) is 0 Å². The minimum atomic E-state index is -0.444. The topological polar surface area (TPSA) is 67.1 Å². The SMILES string of the molecule is CC12Cc3cnn(-c4ccc(F)cc4)c3C=C1CC[C@@H]2O.CCc1cccc(F)c1C(=O)NCC(C)C. The van der Waals surface area contributed by atoms with E-state index in [9.17, 15) is 18.7 Å². The number of rotatable bonds is 5. The molecule has 3 aromatic rings. The third kappa shape index (κ3) is 5.52. The molecule has 5 rings (SSSR count). The summed E-state index contributed by atoms with van der Waals surface area (Å²) >= 11 is 0. The number of nitrogens with zero attached hydrogens (tertiary/aromatic N) is 2. The second-order valence-electron chi connectivity index (χ2n) is 10.5. The molecule has 2 aromatic carbocycles. The average Bonchev–Trinajstić information content (AvgIpc) is 3.41. The molecular weight excluding hydrogens is 472 g/mol. The zero-order valence-corrected chi connectivity index (χ0v) is 21.9. The van der Waals surface area contributed by atoms with Crippen LogP contribution < -0.4 is 5.32 Å². The molecule has 0 aliphatic heterocycles. The molecule has 0 spiro atoms. The van der Waals surface area contributed by atoms with Gasteiger partial charge in [-0.15, -0.1) is 0 Å². The number of fused-ring (bicyclic) bond motifs is 2. The number of aliphatic hydroxyl groups is 1. The van der Waals surface area contributed by atoms with Crippen LogP contribution >= 0.6 is 0 Å². The van der Waals surface area contributed by atoms with Gasteiger partial charge in [0.25, 0.3) is 5.91 Å². The van der Waals surface area contributed by atoms with Crippen LogP contribution in [-0.4, -0.2) is 33.4 Å². The van der Waals surface area contributed by atoms with Crippen LogP contribution in [0.1, 0.15) is 67.7 Å². The number of halogens is 2. The highest BCUT2D eigenvalue weighted by atomic mass is 19.1. The largest absolute Gasteiger partial charge is 0.392 e. The summed E-state index contributed by atoms with van der Waals surface area (Å²) in [6.07, 6.45) is 6.99. The number of aliphatic hydroxyl groups excluding tert-OH is 1. The maximum absolute atomic E-state index is 13.6. The number of hydrogen-bond acceptors (Lipinski definition) is 3. The van der Waals surface area contributed by atoms with E-state index in [0.717, 1.165) is 41.8 Å². The summed E-state index contributed by atoms with van der Waals surface area (Å²) in [6.45, 7) is 8.61. The first kappa shape index (κ1) is 26.7. The molecule has 0 bridgehead atoms. The Morgan fingerprint density at radius 1 is 1.22 bits per heavy atom. The molecule has 0 radical (unpaired) electrons. The van der Waals surface area contributed by atoms with Crippen molar-refractivity contribution in [3.63, 3.8) is 0 Å². The summed E-state index contributed by atoms with van der Waals surface area (Å²) in [5.41, 5.74) is 5.15. The lowest BCUT2D eigenvalue weighted by molar-refractivity contribution is 0.0836. The van der Waals surface area contributed by atoms with Gasteiger partial charge in [-0.1, -0.05) is 45.4 Å². The minimum Gasteiger partial charge on any atom is -0.392 e. The number of benzene rings is 2. The van der Waals surface area contributed by atoms with E-state index in [4.69, 9.17) is 0 Å². The molecule has 2 N–H and O–H groups in total. The predicted molar refractivity (Wildman–Crippen MR) is 141 cm³/mol. The van der Waals surface area contributed by atoms with Crippen molar-refractivity contribution in [1.82, 2.24) is 15.1 Å². The van der Waals surface area contributed by atoms with E-state index < -0.39 is 5.82 Å². The van der Waals surface area contributed by atoms with Crippen molar-refractivity contribution in [2.45, 2.75) is 59.5 Å². The summed E-state index contributed by atoms with van der Waals surface area (Å²) in [7, 11) is 0. The van der Waals surface area contributed by atoms with E-state index in [2.05, 4.69) is 23.4 Å². The second kappa shape index (κ2) is 11.0. The maximum atomic E-state index is 13.6. The van der Waals surface area contributed by atoms with Crippen LogP contribution in [0, 0.1) is 23.0 Å². The van der Waals surface area contributed by atoms with E-state index in [0.29, 0.717) is 18.9 Å². The van der Waals surface area contributed by atoms with Gasteiger partial charge in [0.15, 0.2) is 0 Å². The van der Waals surface area contributed by atoms with Gasteiger partial charge in [-0.25, -0.2) is 13.5 Å². The van der Waals surface area contributed by atoms with E-state index in [-0.39, 0.29) is 28.8 Å². The Hall–Kier alpha value is -3.32. The van der Waals surface area contributed by atoms with Crippen molar-refractivity contribution in [2.24, 2.45) is 11.3 Å². The molecule has 7 heteroatoms. The van der Waals surface area contributed by atoms with Gasteiger partial charge in [0.1, 0.15) is 11.6 Å². The normalized spacial score (nSPS) is 20.0. The van der Waals surface area contributed by atoms with Gasteiger partial charge in [0.05, 0.1) is 29.2 Å². The second-order valence-corrected chi connectivity index (χ2v) is 10.5. The van der Waals surface area contributed by atoms with E-state index in [1.165, 1.54) is 23.8 Å². The molecule has 5 nitrogen and oxygen atoms in total. The minimum absolute atomic E-state index is 0.149. The van der Waals surface area contributed by atoms with Gasteiger partial charge in [0, 0.05) is 12.0 Å². The highest BCUT2D eigenvalue weighted by Crippen LogP contribution is 2.49. The molecule has 196 valence electrons. The molecule has 1 unspecified atom stereocenters. The monoisotopic (exact) mass is 507 g/mol. The number of nitrogens with one attached hydrogen (secondary N) is 1. The van der Waals surface area contributed by atoms with Crippen LogP contribution in [-0.2, 0) is 12.8 Å². The van der Waals surface area contributed by atoms with Gasteiger partial charge >= 0.3 is 0 Å². The zero-order chi connectivity index (χ0) is 26.7. The Kier molecular flexibility index (Phi) is 7.93. The lowest BCUT2D eigenvalue weighted by Gasteiger charge is -2.33. The third-order valence-corrected chi connectivity index (χ3v) is 7.36. The quantitative estimate of drug-likeness (QED) is 0.453. The first-order chi connectivity index (χ1) is 17.6. The van der Waals surface area contributed by atoms with E-state index >= 15 is 0 Å². The maximum Gasteiger partial charge on any atom is 0.254 e. The van der Waals surface area contributed by atoms with Crippen molar-refractivity contribution in [1.29, 1.82) is 0 Å². The van der Waals surface area contributed by atoms with Gasteiger partial charge in [-0.3, -0.25) is 4.79 Å². The highest BCUT2D eigenvalue weighted by Gasteiger charge is 2.44. The molecule has 1 aromatic heterocycles. The number of aryl methyl sites for hydroxylation is 1. The van der Waals surface area contributed by atoms with E-state index in [1.807, 2.05) is 31.6 Å². The summed E-state index contributed by atoms with van der Waals surface area (Å²) in [6, 6.07) is 11.1. The Bertz CT molecular complexity index is 1300. The van der Waals surface area contributed by atoms with Crippen LogP contribution in [0.3, 0.4) is 0 Å². The smallest absolute Gasteiger partial charge is 0.254 e. The molecule has 2 aliphatic carbocycles. The van der Waals surface area contributed by atoms with Crippen molar-refractivity contribution in [2.75, 3.05) is 6.54 Å². The number of carbonyl (C=O) groups excluding carboxylic acids is 1. The molecule has 1 amide bonds. The fourth-order valence-electron chi connectivity index (χ4n) is 5.11. The molecule has 2 atom stereocenters. The highest BCUT2D eigenvalue weighted by molar-refractivity contribution is 5.96. The Balaban J connectivity index is 0.000000181. The molecule has 37 heavy (non-hydrogen) atoms. The summed E-state index contributed by atoms with van der Waals surface area (Å²) in [5.74, 6) is -0.644. The van der Waals surface area contributed by atoms with Gasteiger partial charge in [-0.05, 0) is 79.1 Å². The zero-order valence-electron chi connectivity index (χ0n) is 21.9. The molecule has 1 heterocycles. The molecular formula is C30H35F2N3O2. The Morgan fingerprint density at radius 2 is 1.95 bits per heavy atom. The number of carbonyl (C=O) groups is 1. The van der Waals surface area contributed by atoms with Crippen molar-refractivity contribution >= 4 is 12.0 Å². The molecule has 1 saturated carbocycles. The van der Waals surface area contributed by atoms with Crippen LogP contribution in [0.2, 0.25) is 0 Å². The summed E-state index contributed by atoms with van der Waals surface area (Å²) < 4.78 is 28.5. The van der Waals surface area contributed by atoms with Crippen LogP contribution in [0.25, 0.3) is 11.8 Å². The van der Waals surface area contributed by atoms with Gasteiger partial charge in [-0.2, -0.15) is 5.10 Å². The van der Waals surface area contributed by atoms with Crippen molar-refractivity contribution in [3.05, 3.63) is 88.3 Å². The molecule has 2 aliphatic rings. The van der Waals surface area contributed by atoms with Crippen molar-refractivity contribution < 1.29 is 18.7 Å². The Morgan fingerprint density at radius 3 is 2.62 bits per heavy atom. The fraction of sp³-hybridized carbons (Fsp3) is 0.400. The van der Waals surface area contributed by atoms with E-state index in [1.54, 1.807) is 24.3 Å². The number of hydrogen-bond donors (Lipinski definition) is 2. The van der Waals surface area contributed by atoms with Gasteiger partial charge < -0.3 is 10.4 Å². The first-order valence-corrected chi connectivity index (χ1v) is 12.9. The molecule has 1 fully saturated rings. The third-order valence-electron chi connectivity index (χ3n) is 7.36. The Labute approximate surface area is 217 Å². The lowest BCUT2D eigenvalue weighted by Crippen LogP contribution is -2.32. The molecule has 0 saturated heterocycles. The van der Waals surface area contributed by atoms with Crippen molar-refractivity contribution in [3.8, 4) is 5.69 Å². The van der Waals surface area contributed by atoms with Crippen LogP contribution in [0.5, 0.6) is 0 Å². The summed E-state index contributed by atoms with van der Waals surface area (Å²) in [4.78, 5) is 11.8. The number of aromatic nitrogens is 2. The van der Waals surface area contributed by atoms with Crippen LogP contribution in [0.15, 0.2) is 54.2 Å². The lowest BCUT2D eigenvalue weighted by atomic mass is 9.74. The first-order valence-electron chi connectivity index (χ1n) is 12.9. The van der Waals surface area contributed by atoms with Crippen LogP contribution in [0.4, 0.5) is 8.78 Å².